The molecule has 0 radical (unpaired) electrons. The Balaban J connectivity index is 0. The van der Waals surface area contributed by atoms with E-state index >= 15 is 0 Å². The molecule has 0 aliphatic carbocycles. The van der Waals surface area contributed by atoms with Gasteiger partial charge >= 0.3 is 228 Å². The summed E-state index contributed by atoms with van der Waals surface area (Å²) in [4.78, 5) is 0. The molecule has 0 rings (SSSR count). The van der Waals surface area contributed by atoms with Gasteiger partial charge in [-0.3, -0.25) is 0 Å². The van der Waals surface area contributed by atoms with Crippen molar-refractivity contribution in [2.75, 3.05) is 0 Å². The van der Waals surface area contributed by atoms with Crippen molar-refractivity contribution in [1.29, 1.82) is 0 Å². The van der Waals surface area contributed by atoms with Gasteiger partial charge in [0.05, 0.1) is 0 Å². The molecule has 11 heteroatoms. The van der Waals surface area contributed by atoms with E-state index in [1.807, 2.05) is 0 Å². The zero-order valence-electron chi connectivity index (χ0n) is 7.49. The Hall–Kier alpha value is 9.37. The third-order valence-corrected chi connectivity index (χ3v) is 0. The summed E-state index contributed by atoms with van der Waals surface area (Å²) >= 11 is 0. The Morgan fingerprint density at radius 3 is 0.364 bits per heavy atom. The van der Waals surface area contributed by atoms with Crippen LogP contribution in [0.15, 0.2) is 0 Å². The zero-order valence-corrected chi connectivity index (χ0v) is 27.0. The molecule has 0 bridgehead atoms. The van der Waals surface area contributed by atoms with E-state index in [9.17, 15) is 0 Å². The van der Waals surface area contributed by atoms with Crippen molar-refractivity contribution in [3.8, 4) is 0 Å². The van der Waals surface area contributed by atoms with Crippen LogP contribution < -0.4 is 88.7 Å². The first-order chi connectivity index (χ1) is 0. The van der Waals surface area contributed by atoms with Crippen LogP contribution in [0.3, 0.4) is 0 Å². The fraction of sp³-hybridized carbons (Fsp3) is 0. The molecule has 0 fully saturated rings. The standard InChI is InChI=1S/3Ca.In.3Na.4P/q3*+2;+3;3*+1;4*-3. The summed E-state index contributed by atoms with van der Waals surface area (Å²) in [6.07, 6.45) is 0. The second kappa shape index (κ2) is 74.5. The van der Waals surface area contributed by atoms with Crippen LogP contribution in [-0.4, -0.2) is 139 Å². The molecule has 0 nitrogen and oxygen atoms in total. The maximum Gasteiger partial charge on any atom is 3.00 e. The van der Waals surface area contributed by atoms with Crippen LogP contribution in [0.1, 0.15) is 0 Å². The summed E-state index contributed by atoms with van der Waals surface area (Å²) < 4.78 is 0. The Labute approximate surface area is 259 Å². The van der Waals surface area contributed by atoms with E-state index in [1.165, 1.54) is 0 Å². The van der Waals surface area contributed by atoms with Crippen LogP contribution in [-0.2, 0) is 0 Å². The van der Waals surface area contributed by atoms with Gasteiger partial charge in [0.2, 0.25) is 0 Å². The van der Waals surface area contributed by atoms with E-state index < -0.39 is 0 Å². The Kier molecular flexibility index (Phi) is 589. The fourth-order valence-electron chi connectivity index (χ4n) is 0. The van der Waals surface area contributed by atoms with Gasteiger partial charge in [0.15, 0.2) is 0 Å². The smallest absolute Gasteiger partial charge is 3.00 e. The van der Waals surface area contributed by atoms with Crippen molar-refractivity contribution in [1.82, 2.24) is 0 Å². The molecule has 0 unspecified atom stereocenters. The monoisotopic (exact) mass is 428 g/mol. The maximum atomic E-state index is 0. The topological polar surface area (TPSA) is 0 Å². The van der Waals surface area contributed by atoms with Crippen LogP contribution in [0.4, 0.5) is 0 Å². The average molecular weight is 428 g/mol. The molecule has 0 aromatic heterocycles. The van der Waals surface area contributed by atoms with Gasteiger partial charge in [-0.2, -0.15) is 0 Å². The summed E-state index contributed by atoms with van der Waals surface area (Å²) in [7, 11) is 0. The van der Waals surface area contributed by atoms with Crippen molar-refractivity contribution < 1.29 is 88.7 Å². The molecule has 0 aromatic carbocycles. The largest absolute Gasteiger partial charge is 3.00 e. The molecule has 11 heavy (non-hydrogen) atoms. The third kappa shape index (κ3) is 66.6. The molecule has 32 valence electrons. The zero-order chi connectivity index (χ0) is 0. The normalized spacial score (nSPS) is 0. The van der Waals surface area contributed by atoms with Gasteiger partial charge in [0, 0.05) is 0 Å². The predicted octanol–water partition coefficient (Wildman–Crippen LogP) is -7.07. The van der Waals surface area contributed by atoms with Crippen LogP contribution in [0.25, 0.3) is 0 Å². The minimum Gasteiger partial charge on any atom is -3.00 e. The first-order valence-electron chi connectivity index (χ1n) is 0. The van der Waals surface area contributed by atoms with Crippen molar-refractivity contribution in [2.24, 2.45) is 0 Å². The van der Waals surface area contributed by atoms with Gasteiger partial charge < -0.3 is 39.6 Å². The Morgan fingerprint density at radius 1 is 0.364 bits per heavy atom. The second-order valence-corrected chi connectivity index (χ2v) is 0. The number of hydrogen-bond donors (Lipinski definition) is 0. The third-order valence-electron chi connectivity index (χ3n) is 0. The molecule has 0 amide bonds. The summed E-state index contributed by atoms with van der Waals surface area (Å²) in [6.45, 7) is 0. The molecule has 0 aliphatic rings. The van der Waals surface area contributed by atoms with Gasteiger partial charge in [-0.15, -0.1) is 0 Å². The molecule has 0 aromatic rings. The van der Waals surface area contributed by atoms with Crippen molar-refractivity contribution >= 4 is 179 Å². The Morgan fingerprint density at radius 2 is 0.364 bits per heavy atom. The summed E-state index contributed by atoms with van der Waals surface area (Å²) in [6, 6.07) is 0. The van der Waals surface area contributed by atoms with Gasteiger partial charge in [-0.25, -0.2) is 0 Å². The summed E-state index contributed by atoms with van der Waals surface area (Å²) in [5.74, 6) is 0. The van der Waals surface area contributed by atoms with E-state index in [0.29, 0.717) is 0 Å². The molecule has 0 atom stereocenters. The fourth-order valence-corrected chi connectivity index (χ4v) is 0. The van der Waals surface area contributed by atoms with Crippen molar-refractivity contribution in [3.05, 3.63) is 0 Å². The first kappa shape index (κ1) is 87.1. The second-order valence-electron chi connectivity index (χ2n) is 0. The van der Waals surface area contributed by atoms with Crippen LogP contribution in [0.2, 0.25) is 0 Å². The SMILES string of the molecule is [Ca+2].[Ca+2].[Ca+2].[In+3].[Na+].[Na+].[Na+].[P-3].[P-3].[P-3].[P-3]. The van der Waals surface area contributed by atoms with E-state index in [-0.39, 0.29) is 267 Å². The molecule has 0 aliphatic heterocycles. The van der Waals surface area contributed by atoms with Crippen LogP contribution >= 0.6 is 39.6 Å². The van der Waals surface area contributed by atoms with Crippen molar-refractivity contribution in [3.63, 3.8) is 0 Å². The van der Waals surface area contributed by atoms with Gasteiger partial charge in [-0.05, 0) is 0 Å². The van der Waals surface area contributed by atoms with Gasteiger partial charge in [0.1, 0.15) is 0 Å². The summed E-state index contributed by atoms with van der Waals surface area (Å²) in [5.41, 5.74) is 0. The van der Waals surface area contributed by atoms with Gasteiger partial charge in [0.25, 0.3) is 0 Å². The van der Waals surface area contributed by atoms with E-state index in [4.69, 9.17) is 0 Å². The molecule has 0 spiro atoms. The summed E-state index contributed by atoms with van der Waals surface area (Å²) in [5, 5.41) is 0. The maximum absolute atomic E-state index is 0. The molecular weight excluding hydrogens is 428 g/mol. The van der Waals surface area contributed by atoms with Crippen LogP contribution in [0.5, 0.6) is 0 Å². The number of hydrogen-bond acceptors (Lipinski definition) is 0. The van der Waals surface area contributed by atoms with Crippen LogP contribution in [0, 0.1) is 0 Å². The quantitative estimate of drug-likeness (QED) is 0.266. The van der Waals surface area contributed by atoms with E-state index in [2.05, 4.69) is 0 Å². The minimum absolute atomic E-state index is 0. The molecule has 0 heterocycles. The number of rotatable bonds is 0. The molecule has 0 saturated carbocycles. The minimum atomic E-state index is 0. The van der Waals surface area contributed by atoms with Crippen molar-refractivity contribution in [2.45, 2.75) is 0 Å². The average Bonchev–Trinajstić information content (AvgIpc) is 0. The first-order valence-corrected chi connectivity index (χ1v) is 0. The van der Waals surface area contributed by atoms with Gasteiger partial charge in [-0.1, -0.05) is 0 Å². The van der Waals surface area contributed by atoms with E-state index in [0.717, 1.165) is 0 Å². The Bertz CT molecular complexity index is 20.5. The molecule has 0 saturated heterocycles. The molecular formula is Ca3InNa3P4. The predicted molar refractivity (Wildman–Crippen MR) is 50.7 cm³/mol. The molecule has 0 N–H and O–H groups in total. The van der Waals surface area contributed by atoms with E-state index in [1.54, 1.807) is 0 Å².